The molecule has 0 unspecified atom stereocenters. The average molecular weight is 344 g/mol. The quantitative estimate of drug-likeness (QED) is 0.595. The minimum atomic E-state index is -0.366. The number of hydrogen-bond acceptors (Lipinski definition) is 3. The zero-order valence-electron chi connectivity index (χ0n) is 12.9. The monoisotopic (exact) mass is 343 g/mol. The summed E-state index contributed by atoms with van der Waals surface area (Å²) >= 11 is 0. The van der Waals surface area contributed by atoms with E-state index in [9.17, 15) is 14.0 Å². The van der Waals surface area contributed by atoms with Crippen molar-refractivity contribution < 1.29 is 14.0 Å². The lowest BCUT2D eigenvalue weighted by molar-refractivity contribution is -0.120. The zero-order valence-corrected chi connectivity index (χ0v) is 13.8. The van der Waals surface area contributed by atoms with Gasteiger partial charge in [-0.05, 0) is 56.0 Å². The predicted molar refractivity (Wildman–Crippen MR) is 89.2 cm³/mol. The molecular weight excluding hydrogens is 321 g/mol. The van der Waals surface area contributed by atoms with E-state index in [1.807, 2.05) is 0 Å². The smallest absolute Gasteiger partial charge is 0.251 e. The summed E-state index contributed by atoms with van der Waals surface area (Å²) in [5.41, 5.74) is 0.426. The van der Waals surface area contributed by atoms with Crippen molar-refractivity contribution in [3.63, 3.8) is 0 Å². The Labute approximate surface area is 141 Å². The lowest BCUT2D eigenvalue weighted by atomic mass is 10.2. The molecule has 1 aliphatic rings. The molecule has 0 spiro atoms. The maximum absolute atomic E-state index is 12.7. The fourth-order valence-electron chi connectivity index (χ4n) is 2.00. The van der Waals surface area contributed by atoms with Gasteiger partial charge in [-0.2, -0.15) is 0 Å². The summed E-state index contributed by atoms with van der Waals surface area (Å²) in [6, 6.07) is 5.39. The minimum absolute atomic E-state index is 0. The lowest BCUT2D eigenvalue weighted by Gasteiger charge is -2.07. The van der Waals surface area contributed by atoms with Crippen molar-refractivity contribution in [1.29, 1.82) is 0 Å². The van der Waals surface area contributed by atoms with Crippen LogP contribution in [0.2, 0.25) is 0 Å². The third-order valence-electron chi connectivity index (χ3n) is 3.48. The highest BCUT2D eigenvalue weighted by molar-refractivity contribution is 5.94. The van der Waals surface area contributed by atoms with E-state index >= 15 is 0 Å². The van der Waals surface area contributed by atoms with E-state index in [1.165, 1.54) is 37.1 Å². The topological polar surface area (TPSA) is 70.2 Å². The molecule has 128 valence electrons. The van der Waals surface area contributed by atoms with Crippen LogP contribution in [0.3, 0.4) is 0 Å². The average Bonchev–Trinajstić information content (AvgIpc) is 3.31. The van der Waals surface area contributed by atoms with Crippen molar-refractivity contribution in [2.75, 3.05) is 26.2 Å². The molecule has 5 nitrogen and oxygen atoms in total. The van der Waals surface area contributed by atoms with Crippen LogP contribution >= 0.6 is 12.4 Å². The number of hydrogen-bond donors (Lipinski definition) is 3. The van der Waals surface area contributed by atoms with Crippen molar-refractivity contribution in [3.05, 3.63) is 35.6 Å². The van der Waals surface area contributed by atoms with Crippen molar-refractivity contribution >= 4 is 24.2 Å². The largest absolute Gasteiger partial charge is 0.355 e. The second-order valence-electron chi connectivity index (χ2n) is 5.54. The summed E-state index contributed by atoms with van der Waals surface area (Å²) in [7, 11) is 0. The Bertz CT molecular complexity index is 507. The van der Waals surface area contributed by atoms with Gasteiger partial charge < -0.3 is 16.0 Å². The molecule has 0 heterocycles. The van der Waals surface area contributed by atoms with Crippen LogP contribution in [0.25, 0.3) is 0 Å². The molecule has 2 rings (SSSR count). The highest BCUT2D eigenvalue weighted by Crippen LogP contribution is 2.27. The van der Waals surface area contributed by atoms with Gasteiger partial charge in [0.25, 0.3) is 5.91 Å². The molecule has 0 atom stereocenters. The predicted octanol–water partition coefficient (Wildman–Crippen LogP) is 1.48. The van der Waals surface area contributed by atoms with Crippen LogP contribution in [0.5, 0.6) is 0 Å². The Morgan fingerprint density at radius 3 is 2.39 bits per heavy atom. The van der Waals surface area contributed by atoms with Gasteiger partial charge in [-0.3, -0.25) is 9.59 Å². The summed E-state index contributed by atoms with van der Waals surface area (Å²) in [5.74, 6) is 0.131. The molecule has 1 aromatic carbocycles. The molecule has 1 fully saturated rings. The van der Waals surface area contributed by atoms with Crippen LogP contribution in [0.4, 0.5) is 4.39 Å². The van der Waals surface area contributed by atoms with Gasteiger partial charge in [0.2, 0.25) is 5.91 Å². The highest BCUT2D eigenvalue weighted by Gasteiger charge is 2.20. The summed E-state index contributed by atoms with van der Waals surface area (Å²) in [6.07, 6.45) is 3.19. The molecule has 1 aromatic rings. The molecule has 0 aliphatic heterocycles. The van der Waals surface area contributed by atoms with E-state index < -0.39 is 0 Å². The molecule has 0 saturated heterocycles. The van der Waals surface area contributed by atoms with Crippen molar-refractivity contribution in [1.82, 2.24) is 16.0 Å². The van der Waals surface area contributed by atoms with Gasteiger partial charge in [0.05, 0.1) is 6.54 Å². The summed E-state index contributed by atoms with van der Waals surface area (Å²) in [6.45, 7) is 2.25. The lowest BCUT2D eigenvalue weighted by Crippen LogP contribution is -2.36. The van der Waals surface area contributed by atoms with Crippen molar-refractivity contribution in [2.24, 2.45) is 5.92 Å². The summed E-state index contributed by atoms with van der Waals surface area (Å²) in [4.78, 5) is 23.2. The SMILES string of the molecule is Cl.O=C(CNCC1CC1)NCCCNC(=O)c1ccc(F)cc1. The van der Waals surface area contributed by atoms with Gasteiger partial charge in [0, 0.05) is 18.7 Å². The van der Waals surface area contributed by atoms with E-state index in [4.69, 9.17) is 0 Å². The van der Waals surface area contributed by atoms with Gasteiger partial charge in [0.1, 0.15) is 5.82 Å². The minimum Gasteiger partial charge on any atom is -0.355 e. The normalized spacial score (nSPS) is 13.1. The van der Waals surface area contributed by atoms with E-state index in [0.717, 1.165) is 12.5 Å². The first-order valence-electron chi connectivity index (χ1n) is 7.66. The molecule has 0 aromatic heterocycles. The Hall–Kier alpha value is -1.66. The van der Waals surface area contributed by atoms with Crippen molar-refractivity contribution in [3.8, 4) is 0 Å². The number of benzene rings is 1. The fraction of sp³-hybridized carbons (Fsp3) is 0.500. The number of nitrogens with one attached hydrogen (secondary N) is 3. The third kappa shape index (κ3) is 7.95. The van der Waals surface area contributed by atoms with E-state index in [1.54, 1.807) is 0 Å². The van der Waals surface area contributed by atoms with Crippen molar-refractivity contribution in [2.45, 2.75) is 19.3 Å². The van der Waals surface area contributed by atoms with Crippen LogP contribution in [0.15, 0.2) is 24.3 Å². The van der Waals surface area contributed by atoms with E-state index in [-0.39, 0.29) is 30.0 Å². The first-order chi connectivity index (χ1) is 10.6. The molecule has 3 N–H and O–H groups in total. The zero-order chi connectivity index (χ0) is 15.8. The van der Waals surface area contributed by atoms with E-state index in [2.05, 4.69) is 16.0 Å². The van der Waals surface area contributed by atoms with Gasteiger partial charge in [-0.1, -0.05) is 0 Å². The molecule has 7 heteroatoms. The van der Waals surface area contributed by atoms with Crippen LogP contribution in [-0.4, -0.2) is 38.0 Å². The fourth-order valence-corrected chi connectivity index (χ4v) is 2.00. The second-order valence-corrected chi connectivity index (χ2v) is 5.54. The first kappa shape index (κ1) is 19.4. The molecular formula is C16H23ClFN3O2. The van der Waals surface area contributed by atoms with Crippen LogP contribution in [-0.2, 0) is 4.79 Å². The summed E-state index contributed by atoms with van der Waals surface area (Å²) < 4.78 is 12.7. The maximum atomic E-state index is 12.7. The number of carbonyl (C=O) groups is 2. The number of rotatable bonds is 9. The second kappa shape index (κ2) is 10.2. The molecule has 0 bridgehead atoms. The highest BCUT2D eigenvalue weighted by atomic mass is 35.5. The molecule has 2 amide bonds. The number of amides is 2. The van der Waals surface area contributed by atoms with Gasteiger partial charge in [-0.15, -0.1) is 12.4 Å². The molecule has 1 aliphatic carbocycles. The standard InChI is InChI=1S/C16H22FN3O2.ClH/c17-14-6-4-13(5-7-14)16(22)20-9-1-8-19-15(21)11-18-10-12-2-3-12;/h4-7,12,18H,1-3,8-11H2,(H,19,21)(H,20,22);1H. The van der Waals surface area contributed by atoms with Crippen LogP contribution < -0.4 is 16.0 Å². The van der Waals surface area contributed by atoms with Gasteiger partial charge in [0.15, 0.2) is 0 Å². The Morgan fingerprint density at radius 2 is 1.74 bits per heavy atom. The summed E-state index contributed by atoms with van der Waals surface area (Å²) in [5, 5.41) is 8.65. The molecule has 0 radical (unpaired) electrons. The van der Waals surface area contributed by atoms with E-state index in [0.29, 0.717) is 31.6 Å². The Morgan fingerprint density at radius 1 is 1.09 bits per heavy atom. The number of carbonyl (C=O) groups excluding carboxylic acids is 2. The van der Waals surface area contributed by atoms with Gasteiger partial charge >= 0.3 is 0 Å². The molecule has 23 heavy (non-hydrogen) atoms. The maximum Gasteiger partial charge on any atom is 0.251 e. The third-order valence-corrected chi connectivity index (χ3v) is 3.48. The Balaban J connectivity index is 0.00000264. The Kier molecular flexibility index (Phi) is 8.58. The number of halogens is 2. The van der Waals surface area contributed by atoms with Crippen LogP contribution in [0.1, 0.15) is 29.6 Å². The molecule has 1 saturated carbocycles. The van der Waals surface area contributed by atoms with Gasteiger partial charge in [-0.25, -0.2) is 4.39 Å². The van der Waals surface area contributed by atoms with Crippen LogP contribution in [0, 0.1) is 11.7 Å². The first-order valence-corrected chi connectivity index (χ1v) is 7.66.